The number of alkyl halides is 3. The predicted octanol–water partition coefficient (Wildman–Crippen LogP) is 2.99. The topological polar surface area (TPSA) is 78.4 Å². The molecule has 11 heteroatoms. The van der Waals surface area contributed by atoms with Crippen LogP contribution >= 0.6 is 11.8 Å². The van der Waals surface area contributed by atoms with Gasteiger partial charge in [-0.3, -0.25) is 14.5 Å². The molecule has 32 heavy (non-hydrogen) atoms. The van der Waals surface area contributed by atoms with Gasteiger partial charge in [0, 0.05) is 38.1 Å². The Hall–Kier alpha value is -2.66. The van der Waals surface area contributed by atoms with Gasteiger partial charge in [0.2, 0.25) is 11.8 Å². The summed E-state index contributed by atoms with van der Waals surface area (Å²) in [6, 6.07) is 6.61. The highest BCUT2D eigenvalue weighted by atomic mass is 32.2. The number of halogens is 3. The minimum absolute atomic E-state index is 0.0473. The monoisotopic (exact) mass is 467 g/mol. The molecule has 2 heterocycles. The van der Waals surface area contributed by atoms with E-state index in [1.54, 1.807) is 4.90 Å². The molecule has 1 N–H and O–H groups in total. The second-order valence-corrected chi connectivity index (χ2v) is 8.43. The molecule has 1 fully saturated rings. The number of nitrogens with one attached hydrogen (secondary N) is 1. The molecule has 1 aliphatic rings. The number of piperazine rings is 1. The molecule has 0 saturated carbocycles. The Balaban J connectivity index is 1.44. The van der Waals surface area contributed by atoms with Crippen LogP contribution in [0.4, 0.5) is 18.9 Å². The molecule has 3 rings (SSSR count). The van der Waals surface area contributed by atoms with Gasteiger partial charge in [0.25, 0.3) is 0 Å². The third-order valence-electron chi connectivity index (χ3n) is 5.09. The van der Waals surface area contributed by atoms with Crippen molar-refractivity contribution in [3.8, 4) is 0 Å². The number of hydrogen-bond donors (Lipinski definition) is 1. The number of thioether (sulfide) groups is 1. The van der Waals surface area contributed by atoms with E-state index in [0.29, 0.717) is 26.2 Å². The van der Waals surface area contributed by atoms with E-state index in [1.807, 2.05) is 36.9 Å². The summed E-state index contributed by atoms with van der Waals surface area (Å²) < 4.78 is 38.2. The van der Waals surface area contributed by atoms with Gasteiger partial charge in [-0.2, -0.15) is 13.2 Å². The fourth-order valence-electron chi connectivity index (χ4n) is 3.33. The number of rotatable bonds is 6. The summed E-state index contributed by atoms with van der Waals surface area (Å²) in [6.07, 6.45) is -3.52. The number of aromatic nitrogens is 2. The molecule has 0 aliphatic carbocycles. The number of aryl methyl sites for hydroxylation is 2. The van der Waals surface area contributed by atoms with Crippen molar-refractivity contribution in [1.29, 1.82) is 0 Å². The molecule has 0 spiro atoms. The number of amides is 2. The van der Waals surface area contributed by atoms with Crippen molar-refractivity contribution >= 4 is 29.3 Å². The third-order valence-corrected chi connectivity index (χ3v) is 5.93. The quantitative estimate of drug-likeness (QED) is 0.520. The van der Waals surface area contributed by atoms with Crippen molar-refractivity contribution < 1.29 is 22.8 Å². The Morgan fingerprint density at radius 1 is 1.09 bits per heavy atom. The molecule has 1 aromatic heterocycles. The molecule has 2 aromatic rings. The molecular formula is C21H24F3N5O2S. The molecular weight excluding hydrogens is 443 g/mol. The standard InChI is InChI=1S/C21H24F3N5O2S/c1-14-4-3-5-15(2)19(14)27-17(30)12-28-8-10-29(11-9-28)18(31)13-32-20-25-7-6-16(26-20)21(22,23)24/h3-7H,8-13H2,1-2H3,(H,27,30). The Labute approximate surface area is 188 Å². The van der Waals surface area contributed by atoms with Crippen molar-refractivity contribution in [2.75, 3.05) is 43.8 Å². The summed E-state index contributed by atoms with van der Waals surface area (Å²) in [4.78, 5) is 35.7. The van der Waals surface area contributed by atoms with Crippen molar-refractivity contribution in [2.24, 2.45) is 0 Å². The molecule has 7 nitrogen and oxygen atoms in total. The molecule has 0 radical (unpaired) electrons. The fourth-order valence-corrected chi connectivity index (χ4v) is 4.07. The first kappa shape index (κ1) is 24.0. The number of benzene rings is 1. The van der Waals surface area contributed by atoms with Crippen molar-refractivity contribution in [2.45, 2.75) is 25.2 Å². The maximum atomic E-state index is 12.7. The van der Waals surface area contributed by atoms with Gasteiger partial charge in [-0.25, -0.2) is 9.97 Å². The van der Waals surface area contributed by atoms with Crippen LogP contribution in [0.5, 0.6) is 0 Å². The van der Waals surface area contributed by atoms with Crippen LogP contribution in [0.25, 0.3) is 0 Å². The van der Waals surface area contributed by atoms with Crippen LogP contribution in [-0.2, 0) is 15.8 Å². The van der Waals surface area contributed by atoms with Gasteiger partial charge in [0.1, 0.15) is 5.69 Å². The zero-order valence-electron chi connectivity index (χ0n) is 17.8. The van der Waals surface area contributed by atoms with E-state index in [1.165, 1.54) is 0 Å². The molecule has 1 aromatic carbocycles. The summed E-state index contributed by atoms with van der Waals surface area (Å²) in [5, 5.41) is 2.87. The average molecular weight is 468 g/mol. The van der Waals surface area contributed by atoms with Gasteiger partial charge in [0.05, 0.1) is 12.3 Å². The fraction of sp³-hybridized carbons (Fsp3) is 0.429. The van der Waals surface area contributed by atoms with Crippen LogP contribution in [0.2, 0.25) is 0 Å². The largest absolute Gasteiger partial charge is 0.433 e. The van der Waals surface area contributed by atoms with Gasteiger partial charge in [0.15, 0.2) is 5.16 Å². The zero-order valence-corrected chi connectivity index (χ0v) is 18.6. The highest BCUT2D eigenvalue weighted by Gasteiger charge is 2.33. The van der Waals surface area contributed by atoms with Gasteiger partial charge in [-0.05, 0) is 31.0 Å². The normalized spacial score (nSPS) is 15.0. The van der Waals surface area contributed by atoms with E-state index >= 15 is 0 Å². The minimum atomic E-state index is -4.55. The molecule has 172 valence electrons. The SMILES string of the molecule is Cc1cccc(C)c1NC(=O)CN1CCN(C(=O)CSc2nccc(C(F)(F)F)n2)CC1. The number of carbonyl (C=O) groups is 2. The first-order valence-corrected chi connectivity index (χ1v) is 11.0. The van der Waals surface area contributed by atoms with Crippen molar-refractivity contribution in [3.05, 3.63) is 47.3 Å². The lowest BCUT2D eigenvalue weighted by Crippen LogP contribution is -2.50. The smallest absolute Gasteiger partial charge is 0.339 e. The summed E-state index contributed by atoms with van der Waals surface area (Å²) in [7, 11) is 0. The second-order valence-electron chi connectivity index (χ2n) is 7.48. The van der Waals surface area contributed by atoms with Gasteiger partial charge >= 0.3 is 6.18 Å². The minimum Gasteiger partial charge on any atom is -0.339 e. The summed E-state index contributed by atoms with van der Waals surface area (Å²) in [6.45, 7) is 6.07. The van der Waals surface area contributed by atoms with Crippen LogP contribution in [0.1, 0.15) is 16.8 Å². The lowest BCUT2D eigenvalue weighted by Gasteiger charge is -2.34. The van der Waals surface area contributed by atoms with Gasteiger partial charge in [-0.1, -0.05) is 30.0 Å². The molecule has 0 bridgehead atoms. The number of anilines is 1. The third kappa shape index (κ3) is 6.42. The lowest BCUT2D eigenvalue weighted by molar-refractivity contribution is -0.141. The van der Waals surface area contributed by atoms with Crippen LogP contribution in [-0.4, -0.2) is 70.1 Å². The second kappa shape index (κ2) is 10.3. The van der Waals surface area contributed by atoms with E-state index < -0.39 is 11.9 Å². The number of nitrogens with zero attached hydrogens (tertiary/aromatic N) is 4. The molecule has 0 atom stereocenters. The average Bonchev–Trinajstić information content (AvgIpc) is 2.75. The summed E-state index contributed by atoms with van der Waals surface area (Å²) >= 11 is 0.877. The van der Waals surface area contributed by atoms with E-state index in [0.717, 1.165) is 40.8 Å². The summed E-state index contributed by atoms with van der Waals surface area (Å²) in [5.41, 5.74) is 1.78. The molecule has 0 unspecified atom stereocenters. The molecule has 1 saturated heterocycles. The van der Waals surface area contributed by atoms with Crippen LogP contribution in [0.15, 0.2) is 35.6 Å². The molecule has 2 amide bonds. The predicted molar refractivity (Wildman–Crippen MR) is 115 cm³/mol. The number of carbonyl (C=O) groups excluding carboxylic acids is 2. The van der Waals surface area contributed by atoms with Crippen LogP contribution in [0.3, 0.4) is 0 Å². The van der Waals surface area contributed by atoms with Crippen molar-refractivity contribution in [3.63, 3.8) is 0 Å². The van der Waals surface area contributed by atoms with Crippen LogP contribution in [0, 0.1) is 13.8 Å². The number of hydrogen-bond acceptors (Lipinski definition) is 6. The number of para-hydroxylation sites is 1. The first-order chi connectivity index (χ1) is 15.1. The Morgan fingerprint density at radius 2 is 1.75 bits per heavy atom. The van der Waals surface area contributed by atoms with Crippen molar-refractivity contribution in [1.82, 2.24) is 19.8 Å². The van der Waals surface area contributed by atoms with E-state index in [4.69, 9.17) is 0 Å². The zero-order chi connectivity index (χ0) is 23.3. The summed E-state index contributed by atoms with van der Waals surface area (Å²) in [5.74, 6) is -0.357. The van der Waals surface area contributed by atoms with Crippen LogP contribution < -0.4 is 5.32 Å². The Bertz CT molecular complexity index is 958. The Kier molecular flexibility index (Phi) is 7.73. The highest BCUT2D eigenvalue weighted by molar-refractivity contribution is 7.99. The Morgan fingerprint density at radius 3 is 2.38 bits per heavy atom. The van der Waals surface area contributed by atoms with E-state index in [9.17, 15) is 22.8 Å². The maximum absolute atomic E-state index is 12.7. The highest BCUT2D eigenvalue weighted by Crippen LogP contribution is 2.28. The molecule has 1 aliphatic heterocycles. The van der Waals surface area contributed by atoms with E-state index in [-0.39, 0.29) is 29.3 Å². The first-order valence-electron chi connectivity index (χ1n) is 10.0. The van der Waals surface area contributed by atoms with E-state index in [2.05, 4.69) is 15.3 Å². The lowest BCUT2D eigenvalue weighted by atomic mass is 10.1. The maximum Gasteiger partial charge on any atom is 0.433 e. The van der Waals surface area contributed by atoms with Gasteiger partial charge in [-0.15, -0.1) is 0 Å². The van der Waals surface area contributed by atoms with Gasteiger partial charge < -0.3 is 10.2 Å².